The third-order valence-corrected chi connectivity index (χ3v) is 6.83. The average molecular weight is 366 g/mol. The van der Waals surface area contributed by atoms with Crippen LogP contribution in [0.1, 0.15) is 37.1 Å². The van der Waals surface area contributed by atoms with Gasteiger partial charge in [-0.1, -0.05) is 0 Å². The summed E-state index contributed by atoms with van der Waals surface area (Å²) in [5, 5.41) is 6.10. The zero-order chi connectivity index (χ0) is 17.2. The molecule has 2 saturated heterocycles. The lowest BCUT2D eigenvalue weighted by molar-refractivity contribution is -0.0975. The fraction of sp³-hybridized carbons (Fsp3) is 0.789. The van der Waals surface area contributed by atoms with Crippen molar-refractivity contribution in [1.82, 2.24) is 14.9 Å². The molecule has 1 aromatic heterocycles. The van der Waals surface area contributed by atoms with Crippen LogP contribution < -0.4 is 4.74 Å². The van der Waals surface area contributed by atoms with Crippen LogP contribution in [-0.2, 0) is 17.7 Å². The Bertz CT molecular complexity index is 563. The molecule has 0 radical (unpaired) electrons. The van der Waals surface area contributed by atoms with Crippen molar-refractivity contribution >= 4 is 11.3 Å². The van der Waals surface area contributed by atoms with Gasteiger partial charge in [0.25, 0.3) is 0 Å². The van der Waals surface area contributed by atoms with E-state index in [1.807, 2.05) is 11.3 Å². The van der Waals surface area contributed by atoms with E-state index in [9.17, 15) is 0 Å². The van der Waals surface area contributed by atoms with Gasteiger partial charge in [-0.3, -0.25) is 0 Å². The predicted molar refractivity (Wildman–Crippen MR) is 101 cm³/mol. The lowest BCUT2D eigenvalue weighted by Crippen LogP contribution is -2.50. The van der Waals surface area contributed by atoms with Gasteiger partial charge in [-0.2, -0.15) is 0 Å². The second kappa shape index (κ2) is 7.92. The second-order valence-corrected chi connectivity index (χ2v) is 8.76. The molecular weight excluding hydrogens is 334 g/mol. The molecule has 6 heteroatoms. The maximum Gasteiger partial charge on any atom is 0.174 e. The van der Waals surface area contributed by atoms with E-state index in [4.69, 9.17) is 9.47 Å². The fourth-order valence-corrected chi connectivity index (χ4v) is 5.18. The molecule has 4 rings (SSSR count). The van der Waals surface area contributed by atoms with Gasteiger partial charge in [0, 0.05) is 50.2 Å². The minimum atomic E-state index is 0.394. The second-order valence-electron chi connectivity index (χ2n) is 7.66. The lowest BCUT2D eigenvalue weighted by Gasteiger charge is -2.39. The summed E-state index contributed by atoms with van der Waals surface area (Å²) >= 11 is 1.88. The molecule has 0 N–H and O–H groups in total. The molecule has 3 aliphatic heterocycles. The van der Waals surface area contributed by atoms with Gasteiger partial charge in [0.05, 0.1) is 13.2 Å². The van der Waals surface area contributed by atoms with Gasteiger partial charge in [0.2, 0.25) is 0 Å². The number of thiophene rings is 1. The molecule has 0 amide bonds. The number of hydrazine groups is 1. The van der Waals surface area contributed by atoms with Crippen LogP contribution >= 0.6 is 11.3 Å². The van der Waals surface area contributed by atoms with E-state index >= 15 is 0 Å². The Hall–Kier alpha value is -0.660. The molecule has 0 unspecified atom stereocenters. The first-order chi connectivity index (χ1) is 12.2. The maximum atomic E-state index is 6.36. The monoisotopic (exact) mass is 365 g/mol. The molecule has 140 valence electrons. The van der Waals surface area contributed by atoms with Crippen LogP contribution in [-0.4, -0.2) is 73.0 Å². The first-order valence-corrected chi connectivity index (χ1v) is 10.6. The Morgan fingerprint density at radius 2 is 1.84 bits per heavy atom. The molecule has 0 aliphatic carbocycles. The molecule has 0 saturated carbocycles. The molecule has 0 atom stereocenters. The number of piperidine rings is 1. The molecule has 0 aromatic carbocycles. The van der Waals surface area contributed by atoms with Gasteiger partial charge in [0.1, 0.15) is 6.10 Å². The fourth-order valence-electron chi connectivity index (χ4n) is 4.10. The molecular formula is C19H31N3O2S. The minimum Gasteiger partial charge on any atom is -0.481 e. The van der Waals surface area contributed by atoms with Crippen molar-refractivity contribution in [3.63, 3.8) is 0 Å². The summed E-state index contributed by atoms with van der Waals surface area (Å²) in [6.45, 7) is 12.8. The summed E-state index contributed by atoms with van der Waals surface area (Å²) in [6, 6.07) is 2.96. The smallest absolute Gasteiger partial charge is 0.174 e. The quantitative estimate of drug-likeness (QED) is 0.818. The first-order valence-electron chi connectivity index (χ1n) is 9.79. The van der Waals surface area contributed by atoms with Crippen LogP contribution in [0.5, 0.6) is 5.06 Å². The van der Waals surface area contributed by atoms with Crippen LogP contribution in [0.4, 0.5) is 0 Å². The highest BCUT2D eigenvalue weighted by molar-refractivity contribution is 7.14. The Kier molecular flexibility index (Phi) is 5.62. The number of ether oxygens (including phenoxy) is 2. The largest absolute Gasteiger partial charge is 0.481 e. The van der Waals surface area contributed by atoms with Gasteiger partial charge >= 0.3 is 0 Å². The zero-order valence-electron chi connectivity index (χ0n) is 15.6. The van der Waals surface area contributed by atoms with Gasteiger partial charge in [-0.25, -0.2) is 10.0 Å². The van der Waals surface area contributed by atoms with Crippen LogP contribution in [0, 0.1) is 0 Å². The molecule has 5 nitrogen and oxygen atoms in total. The first kappa shape index (κ1) is 17.7. The highest BCUT2D eigenvalue weighted by Gasteiger charge is 2.27. The third kappa shape index (κ3) is 4.19. The van der Waals surface area contributed by atoms with Crippen LogP contribution in [0.15, 0.2) is 6.07 Å². The minimum absolute atomic E-state index is 0.394. The van der Waals surface area contributed by atoms with E-state index in [-0.39, 0.29) is 0 Å². The van der Waals surface area contributed by atoms with Crippen LogP contribution in [0.3, 0.4) is 0 Å². The summed E-state index contributed by atoms with van der Waals surface area (Å²) in [4.78, 5) is 4.08. The number of fused-ring (bicyclic) bond motifs is 1. The summed E-state index contributed by atoms with van der Waals surface area (Å²) in [7, 11) is 0. The maximum absolute atomic E-state index is 6.36. The number of nitrogens with zero attached hydrogens (tertiary/aromatic N) is 3. The summed E-state index contributed by atoms with van der Waals surface area (Å²) in [5.74, 6) is 0. The van der Waals surface area contributed by atoms with Crippen molar-refractivity contribution in [1.29, 1.82) is 0 Å². The van der Waals surface area contributed by atoms with E-state index in [1.165, 1.54) is 10.4 Å². The molecule has 4 heterocycles. The number of morpholine rings is 1. The lowest BCUT2D eigenvalue weighted by atomic mass is 10.1. The van der Waals surface area contributed by atoms with E-state index in [0.29, 0.717) is 12.1 Å². The molecule has 0 bridgehead atoms. The standard InChI is InChI=1S/C19H31N3O2S/c1-15(2)20-6-3-17(4-7-20)24-19-13-16-14-22(8-5-18(16)25-19)21-9-11-23-12-10-21/h13,15,17H,3-12,14H2,1-2H3. The molecule has 0 spiro atoms. The van der Waals surface area contributed by atoms with Gasteiger partial charge in [-0.15, -0.1) is 11.3 Å². The summed E-state index contributed by atoms with van der Waals surface area (Å²) in [5.41, 5.74) is 1.47. The SMILES string of the molecule is CC(C)N1CCC(Oc2cc3c(s2)CCN(N2CCOCC2)C3)CC1. The van der Waals surface area contributed by atoms with E-state index in [2.05, 4.69) is 34.8 Å². The molecule has 1 aromatic rings. The van der Waals surface area contributed by atoms with E-state index < -0.39 is 0 Å². The topological polar surface area (TPSA) is 28.2 Å². The summed E-state index contributed by atoms with van der Waals surface area (Å²) < 4.78 is 11.8. The molecule has 25 heavy (non-hydrogen) atoms. The number of hydrogen-bond donors (Lipinski definition) is 0. The number of hydrogen-bond acceptors (Lipinski definition) is 6. The van der Waals surface area contributed by atoms with E-state index in [1.54, 1.807) is 0 Å². The number of likely N-dealkylation sites (tertiary alicyclic amines) is 1. The molecule has 2 fully saturated rings. The van der Waals surface area contributed by atoms with E-state index in [0.717, 1.165) is 76.8 Å². The predicted octanol–water partition coefficient (Wildman–Crippen LogP) is 2.61. The summed E-state index contributed by atoms with van der Waals surface area (Å²) in [6.07, 6.45) is 3.85. The van der Waals surface area contributed by atoms with Crippen LogP contribution in [0.2, 0.25) is 0 Å². The van der Waals surface area contributed by atoms with Crippen molar-refractivity contribution in [3.8, 4) is 5.06 Å². The highest BCUT2D eigenvalue weighted by Crippen LogP contribution is 2.35. The van der Waals surface area contributed by atoms with Gasteiger partial charge in [-0.05, 0) is 44.7 Å². The Morgan fingerprint density at radius 3 is 2.56 bits per heavy atom. The Labute approximate surface area is 155 Å². The third-order valence-electron chi connectivity index (χ3n) is 5.70. The number of rotatable bonds is 4. The van der Waals surface area contributed by atoms with Crippen molar-refractivity contribution in [2.75, 3.05) is 45.9 Å². The van der Waals surface area contributed by atoms with Crippen molar-refractivity contribution < 1.29 is 9.47 Å². The van der Waals surface area contributed by atoms with Gasteiger partial charge < -0.3 is 14.4 Å². The Balaban J connectivity index is 1.33. The van der Waals surface area contributed by atoms with Crippen molar-refractivity contribution in [3.05, 3.63) is 16.5 Å². The highest BCUT2D eigenvalue weighted by atomic mass is 32.1. The molecule has 3 aliphatic rings. The average Bonchev–Trinajstić information content (AvgIpc) is 3.04. The zero-order valence-corrected chi connectivity index (χ0v) is 16.4. The van der Waals surface area contributed by atoms with Crippen molar-refractivity contribution in [2.24, 2.45) is 0 Å². The van der Waals surface area contributed by atoms with Crippen molar-refractivity contribution in [2.45, 2.75) is 51.8 Å². The normalized spacial score (nSPS) is 24.6. The van der Waals surface area contributed by atoms with Crippen LogP contribution in [0.25, 0.3) is 0 Å². The Morgan fingerprint density at radius 1 is 1.08 bits per heavy atom. The van der Waals surface area contributed by atoms with Gasteiger partial charge in [0.15, 0.2) is 5.06 Å².